The summed E-state index contributed by atoms with van der Waals surface area (Å²) in [6.07, 6.45) is 0.825. The van der Waals surface area contributed by atoms with E-state index in [1.165, 1.54) is 0 Å². The number of hydrazine groups is 1. The average Bonchev–Trinajstić information content (AvgIpc) is 2.77. The van der Waals surface area contributed by atoms with Crippen LogP contribution in [0.3, 0.4) is 0 Å². The fourth-order valence-electron chi connectivity index (χ4n) is 2.06. The second kappa shape index (κ2) is 5.81. The molecule has 1 atom stereocenters. The predicted molar refractivity (Wildman–Crippen MR) is 75.9 cm³/mol. The van der Waals surface area contributed by atoms with E-state index in [4.69, 9.17) is 5.84 Å². The molecule has 0 aliphatic heterocycles. The monoisotopic (exact) mass is 326 g/mol. The van der Waals surface area contributed by atoms with Gasteiger partial charge in [0.15, 0.2) is 0 Å². The molecule has 0 aliphatic rings. The Labute approximate surface area is 119 Å². The average molecular weight is 327 g/mol. The first-order chi connectivity index (χ1) is 9.08. The Hall–Kier alpha value is -1.24. The number of nitrogens with one attached hydrogen (secondary N) is 1. The summed E-state index contributed by atoms with van der Waals surface area (Å²) in [5.74, 6) is 5.29. The van der Waals surface area contributed by atoms with Gasteiger partial charge in [0, 0.05) is 12.6 Å². The van der Waals surface area contributed by atoms with Crippen molar-refractivity contribution in [1.29, 1.82) is 0 Å². The fraction of sp³-hybridized carbons (Fsp3) is 0.308. The molecule has 0 saturated carbocycles. The van der Waals surface area contributed by atoms with Gasteiger partial charge in [-0.25, -0.2) is 9.82 Å². The van der Waals surface area contributed by atoms with Gasteiger partial charge in [-0.3, -0.25) is 10.5 Å². The first-order valence-electron chi connectivity index (χ1n) is 6.01. The maximum Gasteiger partial charge on any atom is 0.142 e. The van der Waals surface area contributed by atoms with Crippen LogP contribution >= 0.6 is 15.9 Å². The van der Waals surface area contributed by atoms with Crippen LogP contribution in [0.2, 0.25) is 0 Å². The van der Waals surface area contributed by atoms with E-state index in [9.17, 15) is 4.39 Å². The van der Waals surface area contributed by atoms with Crippen LogP contribution < -0.4 is 11.3 Å². The third-order valence-corrected chi connectivity index (χ3v) is 3.70. The Morgan fingerprint density at radius 2 is 2.26 bits per heavy atom. The summed E-state index contributed by atoms with van der Waals surface area (Å²) in [4.78, 5) is 0. The zero-order valence-electron chi connectivity index (χ0n) is 10.8. The zero-order chi connectivity index (χ0) is 14.0. The molecule has 1 unspecified atom stereocenters. The van der Waals surface area contributed by atoms with Gasteiger partial charge in [-0.15, -0.1) is 0 Å². The number of nitrogens with zero attached hydrogens (tertiary/aromatic N) is 2. The van der Waals surface area contributed by atoms with Crippen molar-refractivity contribution in [2.45, 2.75) is 19.4 Å². The van der Waals surface area contributed by atoms with Crippen molar-refractivity contribution < 1.29 is 4.39 Å². The van der Waals surface area contributed by atoms with Crippen LogP contribution in [0.25, 0.3) is 0 Å². The summed E-state index contributed by atoms with van der Waals surface area (Å²) < 4.78 is 16.3. The van der Waals surface area contributed by atoms with Gasteiger partial charge in [-0.2, -0.15) is 5.10 Å². The smallest absolute Gasteiger partial charge is 0.142 e. The molecule has 19 heavy (non-hydrogen) atoms. The summed E-state index contributed by atoms with van der Waals surface area (Å²) in [6.45, 7) is 2.02. The van der Waals surface area contributed by atoms with Gasteiger partial charge in [-0.05, 0) is 34.5 Å². The van der Waals surface area contributed by atoms with Crippen molar-refractivity contribution in [3.05, 3.63) is 51.5 Å². The van der Waals surface area contributed by atoms with Gasteiger partial charge < -0.3 is 0 Å². The third-order valence-electron chi connectivity index (χ3n) is 3.08. The van der Waals surface area contributed by atoms with Gasteiger partial charge >= 0.3 is 0 Å². The molecule has 0 radical (unpaired) electrons. The third kappa shape index (κ3) is 2.70. The van der Waals surface area contributed by atoms with Crippen LogP contribution in [0.1, 0.15) is 29.9 Å². The first-order valence-corrected chi connectivity index (χ1v) is 6.80. The highest BCUT2D eigenvalue weighted by molar-refractivity contribution is 9.10. The molecule has 0 spiro atoms. The van der Waals surface area contributed by atoms with Gasteiger partial charge in [0.2, 0.25) is 0 Å². The lowest BCUT2D eigenvalue weighted by molar-refractivity contribution is 0.529. The number of hydrogen-bond donors (Lipinski definition) is 2. The molecule has 1 heterocycles. The summed E-state index contributed by atoms with van der Waals surface area (Å²) in [5, 5.41) is 4.36. The molecule has 0 bridgehead atoms. The molecule has 0 fully saturated rings. The summed E-state index contributed by atoms with van der Waals surface area (Å²) in [6, 6.07) is 6.65. The van der Waals surface area contributed by atoms with E-state index < -0.39 is 6.04 Å². The topological polar surface area (TPSA) is 55.9 Å². The molecular weight excluding hydrogens is 311 g/mol. The van der Waals surface area contributed by atoms with Crippen molar-refractivity contribution in [3.8, 4) is 0 Å². The molecular formula is C13H16BrFN4. The van der Waals surface area contributed by atoms with Crippen LogP contribution in [-0.4, -0.2) is 9.78 Å². The Kier molecular flexibility index (Phi) is 4.34. The molecule has 2 aromatic rings. The Bertz CT molecular complexity index is 582. The number of aromatic nitrogens is 2. The normalized spacial score (nSPS) is 12.7. The lowest BCUT2D eigenvalue weighted by atomic mass is 10.0. The van der Waals surface area contributed by atoms with Gasteiger partial charge in [-0.1, -0.05) is 19.1 Å². The molecule has 3 N–H and O–H groups in total. The van der Waals surface area contributed by atoms with Crippen LogP contribution in [0, 0.1) is 5.82 Å². The van der Waals surface area contributed by atoms with Crippen molar-refractivity contribution in [2.75, 3.05) is 0 Å². The van der Waals surface area contributed by atoms with Crippen LogP contribution in [0.4, 0.5) is 4.39 Å². The quantitative estimate of drug-likeness (QED) is 0.670. The Balaban J connectivity index is 2.49. The number of aryl methyl sites for hydroxylation is 2. The molecule has 6 heteroatoms. The van der Waals surface area contributed by atoms with E-state index in [1.807, 2.05) is 20.0 Å². The highest BCUT2D eigenvalue weighted by atomic mass is 79.9. The summed E-state index contributed by atoms with van der Waals surface area (Å²) in [7, 11) is 1.83. The molecule has 102 valence electrons. The Morgan fingerprint density at radius 1 is 1.53 bits per heavy atom. The highest BCUT2D eigenvalue weighted by Crippen LogP contribution is 2.28. The maximum absolute atomic E-state index is 14.2. The van der Waals surface area contributed by atoms with Crippen molar-refractivity contribution in [3.63, 3.8) is 0 Å². The summed E-state index contributed by atoms with van der Waals surface area (Å²) in [5.41, 5.74) is 4.93. The minimum Gasteiger partial charge on any atom is -0.271 e. The van der Waals surface area contributed by atoms with E-state index in [0.29, 0.717) is 10.0 Å². The van der Waals surface area contributed by atoms with E-state index in [1.54, 1.807) is 22.9 Å². The second-order valence-corrected chi connectivity index (χ2v) is 5.13. The fourth-order valence-corrected chi connectivity index (χ4v) is 2.45. The molecule has 0 aliphatic carbocycles. The van der Waals surface area contributed by atoms with Gasteiger partial charge in [0.05, 0.1) is 21.9 Å². The second-order valence-electron chi connectivity index (χ2n) is 4.28. The maximum atomic E-state index is 14.2. The predicted octanol–water partition coefficient (Wildman–Crippen LogP) is 2.44. The molecule has 2 rings (SSSR count). The van der Waals surface area contributed by atoms with E-state index in [0.717, 1.165) is 17.8 Å². The number of rotatable bonds is 4. The van der Waals surface area contributed by atoms with Crippen molar-refractivity contribution in [2.24, 2.45) is 12.9 Å². The van der Waals surface area contributed by atoms with Crippen LogP contribution in [0.5, 0.6) is 0 Å². The number of benzene rings is 1. The SMILES string of the molecule is CCc1cc(C(NN)c2cccc(Br)c2F)n(C)n1. The number of nitrogens with two attached hydrogens (primary N) is 1. The van der Waals surface area contributed by atoms with E-state index in [-0.39, 0.29) is 5.82 Å². The minimum atomic E-state index is -0.435. The van der Waals surface area contributed by atoms with Crippen molar-refractivity contribution >= 4 is 15.9 Å². The molecule has 0 amide bonds. The van der Waals surface area contributed by atoms with Crippen LogP contribution in [0.15, 0.2) is 28.7 Å². The molecule has 0 saturated heterocycles. The highest BCUT2D eigenvalue weighted by Gasteiger charge is 2.21. The number of halogens is 2. The Morgan fingerprint density at radius 3 is 2.84 bits per heavy atom. The summed E-state index contributed by atoms with van der Waals surface area (Å²) >= 11 is 3.19. The first kappa shape index (κ1) is 14.2. The standard InChI is InChI=1S/C13H16BrFN4/c1-3-8-7-11(19(2)18-8)13(17-16)9-5-4-6-10(14)12(9)15/h4-7,13,17H,3,16H2,1-2H3. The van der Waals surface area contributed by atoms with Gasteiger partial charge in [0.1, 0.15) is 5.82 Å². The van der Waals surface area contributed by atoms with E-state index in [2.05, 4.69) is 26.5 Å². The van der Waals surface area contributed by atoms with Crippen molar-refractivity contribution in [1.82, 2.24) is 15.2 Å². The van der Waals surface area contributed by atoms with Gasteiger partial charge in [0.25, 0.3) is 0 Å². The molecule has 4 nitrogen and oxygen atoms in total. The molecule has 1 aromatic heterocycles. The van der Waals surface area contributed by atoms with E-state index >= 15 is 0 Å². The lowest BCUT2D eigenvalue weighted by Gasteiger charge is -2.17. The largest absolute Gasteiger partial charge is 0.271 e. The zero-order valence-corrected chi connectivity index (χ0v) is 12.4. The number of hydrogen-bond acceptors (Lipinski definition) is 3. The van der Waals surface area contributed by atoms with Crippen LogP contribution in [-0.2, 0) is 13.5 Å². The lowest BCUT2D eigenvalue weighted by Crippen LogP contribution is -2.31. The minimum absolute atomic E-state index is 0.315. The molecule has 1 aromatic carbocycles.